The van der Waals surface area contributed by atoms with Crippen molar-refractivity contribution in [3.8, 4) is 11.1 Å². The summed E-state index contributed by atoms with van der Waals surface area (Å²) in [6, 6.07) is 25.2. The van der Waals surface area contributed by atoms with E-state index in [1.807, 2.05) is 6.07 Å². The van der Waals surface area contributed by atoms with Gasteiger partial charge in [0.1, 0.15) is 0 Å². The number of sulfone groups is 1. The Morgan fingerprint density at radius 3 is 2.24 bits per heavy atom. The summed E-state index contributed by atoms with van der Waals surface area (Å²) in [5.74, 6) is -0.406. The third-order valence-electron chi connectivity index (χ3n) is 6.35. The van der Waals surface area contributed by atoms with Crippen LogP contribution in [0, 0.1) is 0 Å². The summed E-state index contributed by atoms with van der Waals surface area (Å²) in [4.78, 5) is 12.1. The van der Waals surface area contributed by atoms with E-state index >= 15 is 0 Å². The molecule has 1 atom stereocenters. The number of hydrogen-bond donors (Lipinski definition) is 2. The van der Waals surface area contributed by atoms with E-state index in [-0.39, 0.29) is 27.2 Å². The van der Waals surface area contributed by atoms with Gasteiger partial charge in [-0.25, -0.2) is 13.2 Å². The second-order valence-corrected chi connectivity index (χ2v) is 11.9. The molecule has 41 heavy (non-hydrogen) atoms. The van der Waals surface area contributed by atoms with Gasteiger partial charge >= 0.3 is 5.97 Å². The highest BCUT2D eigenvalue weighted by Crippen LogP contribution is 2.32. The van der Waals surface area contributed by atoms with Crippen LogP contribution in [0.5, 0.6) is 0 Å². The van der Waals surface area contributed by atoms with E-state index < -0.39 is 21.9 Å². The van der Waals surface area contributed by atoms with Gasteiger partial charge in [0.15, 0.2) is 0 Å². The lowest BCUT2D eigenvalue weighted by Gasteiger charge is -2.13. The number of halogens is 3. The molecule has 4 rings (SSSR count). The normalized spacial score (nSPS) is 11.9. The van der Waals surface area contributed by atoms with Crippen LogP contribution >= 0.6 is 35.6 Å². The maximum atomic E-state index is 13.3. The molecule has 0 heterocycles. The molecule has 10 heteroatoms. The standard InChI is InChI=1S/C31H29Cl2NO5S.ClH/c1-2-39-31(36)23-10-8-22(9-11-23)28-15-14-27(19-29(28)33)40(37,38)26-12-6-21(7-13-26)16-17-34-20-30(35)24-4-3-5-25(32)18-24;/h3-15,18-19,30,34-35H,2,16-17,20H2,1H3;1H/t30-;/m0./s1. The van der Waals surface area contributed by atoms with Gasteiger partial charge in [0.25, 0.3) is 0 Å². The molecule has 0 fully saturated rings. The van der Waals surface area contributed by atoms with Crippen LogP contribution in [-0.2, 0) is 21.0 Å². The van der Waals surface area contributed by atoms with Gasteiger partial charge in [0.2, 0.25) is 9.84 Å². The molecule has 2 N–H and O–H groups in total. The predicted molar refractivity (Wildman–Crippen MR) is 165 cm³/mol. The predicted octanol–water partition coefficient (Wildman–Crippen LogP) is 6.96. The molecule has 0 aromatic heterocycles. The zero-order valence-corrected chi connectivity index (χ0v) is 25.4. The fourth-order valence-corrected chi connectivity index (χ4v) is 6.01. The van der Waals surface area contributed by atoms with Gasteiger partial charge in [-0.05, 0) is 85.1 Å². The fourth-order valence-electron chi connectivity index (χ4n) is 4.17. The number of aliphatic hydroxyl groups is 1. The largest absolute Gasteiger partial charge is 0.462 e. The highest BCUT2D eigenvalue weighted by molar-refractivity contribution is 7.91. The Bertz CT molecular complexity index is 1580. The molecule has 0 aliphatic rings. The Balaban J connectivity index is 0.00000462. The average molecular weight is 635 g/mol. The van der Waals surface area contributed by atoms with Crippen LogP contribution < -0.4 is 5.32 Å². The van der Waals surface area contributed by atoms with Crippen LogP contribution in [0.15, 0.2) is 101 Å². The van der Waals surface area contributed by atoms with Gasteiger partial charge in [-0.15, -0.1) is 12.4 Å². The molecule has 0 bridgehead atoms. The summed E-state index contributed by atoms with van der Waals surface area (Å²) in [7, 11) is -3.78. The maximum absolute atomic E-state index is 13.3. The van der Waals surface area contributed by atoms with Gasteiger partial charge in [-0.3, -0.25) is 0 Å². The van der Waals surface area contributed by atoms with Crippen molar-refractivity contribution in [3.63, 3.8) is 0 Å². The van der Waals surface area contributed by atoms with E-state index in [0.29, 0.717) is 42.3 Å². The third kappa shape index (κ3) is 8.32. The van der Waals surface area contributed by atoms with Gasteiger partial charge in [0.05, 0.1) is 28.1 Å². The Hall–Kier alpha value is -2.91. The number of carbonyl (C=O) groups excluding carboxylic acids is 1. The number of carbonyl (C=O) groups is 1. The van der Waals surface area contributed by atoms with Crippen molar-refractivity contribution in [2.75, 3.05) is 19.7 Å². The zero-order valence-electron chi connectivity index (χ0n) is 22.2. The summed E-state index contributed by atoms with van der Waals surface area (Å²) in [6.45, 7) is 3.02. The Morgan fingerprint density at radius 2 is 1.61 bits per heavy atom. The molecule has 0 saturated carbocycles. The molecule has 0 aliphatic heterocycles. The van der Waals surface area contributed by atoms with Crippen LogP contribution in [0.25, 0.3) is 11.1 Å². The molecule has 6 nitrogen and oxygen atoms in total. The number of hydrogen-bond acceptors (Lipinski definition) is 6. The van der Waals surface area contributed by atoms with Crippen molar-refractivity contribution < 1.29 is 23.1 Å². The van der Waals surface area contributed by atoms with E-state index in [0.717, 1.165) is 16.7 Å². The van der Waals surface area contributed by atoms with Crippen molar-refractivity contribution in [2.24, 2.45) is 0 Å². The Labute approximate surface area is 256 Å². The van der Waals surface area contributed by atoms with Gasteiger partial charge in [-0.1, -0.05) is 65.7 Å². The molecular weight excluding hydrogens is 605 g/mol. The van der Waals surface area contributed by atoms with Crippen molar-refractivity contribution in [3.05, 3.63) is 118 Å². The van der Waals surface area contributed by atoms with Gasteiger partial charge < -0.3 is 15.2 Å². The summed E-state index contributed by atoms with van der Waals surface area (Å²) in [6.07, 6.45) is -0.00803. The van der Waals surface area contributed by atoms with Gasteiger partial charge in [0, 0.05) is 22.2 Å². The fraction of sp³-hybridized carbons (Fsp3) is 0.194. The minimum atomic E-state index is -3.78. The maximum Gasteiger partial charge on any atom is 0.338 e. The smallest absolute Gasteiger partial charge is 0.338 e. The second kappa shape index (κ2) is 14.8. The van der Waals surface area contributed by atoms with Gasteiger partial charge in [-0.2, -0.15) is 0 Å². The molecule has 4 aromatic rings. The number of benzene rings is 4. The quantitative estimate of drug-likeness (QED) is 0.137. The number of ether oxygens (including phenoxy) is 1. The first-order valence-corrected chi connectivity index (χ1v) is 15.0. The Kier molecular flexibility index (Phi) is 11.8. The van der Waals surface area contributed by atoms with Crippen LogP contribution in [0.4, 0.5) is 0 Å². The average Bonchev–Trinajstić information content (AvgIpc) is 2.95. The Morgan fingerprint density at radius 1 is 0.927 bits per heavy atom. The number of nitrogens with one attached hydrogen (secondary N) is 1. The van der Waals surface area contributed by atoms with Crippen LogP contribution in [0.1, 0.15) is 34.5 Å². The first-order chi connectivity index (χ1) is 19.2. The van der Waals surface area contributed by atoms with E-state index in [9.17, 15) is 18.3 Å². The molecule has 0 unspecified atom stereocenters. The lowest BCUT2D eigenvalue weighted by atomic mass is 10.0. The van der Waals surface area contributed by atoms with E-state index in [2.05, 4.69) is 5.32 Å². The highest BCUT2D eigenvalue weighted by Gasteiger charge is 2.19. The van der Waals surface area contributed by atoms with Crippen LogP contribution in [0.3, 0.4) is 0 Å². The lowest BCUT2D eigenvalue weighted by Crippen LogP contribution is -2.23. The van der Waals surface area contributed by atoms with Crippen molar-refractivity contribution in [1.82, 2.24) is 5.32 Å². The molecule has 0 amide bonds. The first kappa shape index (κ1) is 32.6. The first-order valence-electron chi connectivity index (χ1n) is 12.7. The molecule has 4 aromatic carbocycles. The van der Waals surface area contributed by atoms with Crippen molar-refractivity contribution >= 4 is 51.4 Å². The highest BCUT2D eigenvalue weighted by atomic mass is 35.5. The molecule has 0 spiro atoms. The SMILES string of the molecule is CCOC(=O)c1ccc(-c2ccc(S(=O)(=O)c3ccc(CCNC[C@H](O)c4cccc(Cl)c4)cc3)cc2Cl)cc1.Cl. The molecular formula is C31H30Cl3NO5S. The van der Waals surface area contributed by atoms with E-state index in [1.165, 1.54) is 12.1 Å². The van der Waals surface area contributed by atoms with E-state index in [1.54, 1.807) is 79.7 Å². The molecule has 216 valence electrons. The van der Waals surface area contributed by atoms with Crippen molar-refractivity contribution in [1.29, 1.82) is 0 Å². The zero-order chi connectivity index (χ0) is 28.7. The topological polar surface area (TPSA) is 92.7 Å². The summed E-state index contributed by atoms with van der Waals surface area (Å²) < 4.78 is 31.5. The molecule has 0 aliphatic carbocycles. The number of esters is 1. The van der Waals surface area contributed by atoms with Crippen molar-refractivity contribution in [2.45, 2.75) is 29.2 Å². The molecule has 0 saturated heterocycles. The summed E-state index contributed by atoms with van der Waals surface area (Å²) >= 11 is 12.5. The third-order valence-corrected chi connectivity index (χ3v) is 8.67. The minimum absolute atomic E-state index is 0. The summed E-state index contributed by atoms with van der Waals surface area (Å²) in [5.41, 5.74) is 3.53. The summed E-state index contributed by atoms with van der Waals surface area (Å²) in [5, 5.41) is 14.4. The monoisotopic (exact) mass is 633 g/mol. The van der Waals surface area contributed by atoms with Crippen LogP contribution in [-0.4, -0.2) is 39.2 Å². The minimum Gasteiger partial charge on any atom is -0.462 e. The number of aliphatic hydroxyl groups excluding tert-OH is 1. The van der Waals surface area contributed by atoms with Crippen LogP contribution in [0.2, 0.25) is 10.0 Å². The second-order valence-electron chi connectivity index (χ2n) is 9.11. The molecule has 0 radical (unpaired) electrons. The van der Waals surface area contributed by atoms with E-state index in [4.69, 9.17) is 27.9 Å². The number of rotatable bonds is 11. The lowest BCUT2D eigenvalue weighted by molar-refractivity contribution is 0.0526.